The third kappa shape index (κ3) is 5.14. The van der Waals surface area contributed by atoms with Crippen molar-refractivity contribution in [2.45, 2.75) is 26.7 Å². The van der Waals surface area contributed by atoms with Crippen LogP contribution in [-0.4, -0.2) is 22.6 Å². The Kier molecular flexibility index (Phi) is 6.15. The number of amides is 1. The van der Waals surface area contributed by atoms with E-state index in [1.165, 1.54) is 5.56 Å². The Hall–Kier alpha value is -3.21. The molecule has 138 valence electrons. The van der Waals surface area contributed by atoms with Crippen LogP contribution in [0.2, 0.25) is 0 Å². The number of carbonyl (C=O) groups is 1. The molecular weight excluding hydrogens is 336 g/mol. The lowest BCUT2D eigenvalue weighted by atomic mass is 10.1. The highest BCUT2D eigenvalue weighted by molar-refractivity contribution is 5.94. The number of carbonyl (C=O) groups excluding carboxylic acids is 1. The minimum absolute atomic E-state index is 0.0442. The van der Waals surface area contributed by atoms with Crippen molar-refractivity contribution < 1.29 is 4.79 Å². The molecule has 0 radical (unpaired) electrons. The van der Waals surface area contributed by atoms with Gasteiger partial charge in [-0.3, -0.25) is 4.79 Å². The monoisotopic (exact) mass is 360 g/mol. The van der Waals surface area contributed by atoms with Crippen LogP contribution in [-0.2, 0) is 0 Å². The number of rotatable bonds is 7. The van der Waals surface area contributed by atoms with E-state index in [1.54, 1.807) is 12.1 Å². The van der Waals surface area contributed by atoms with E-state index in [1.807, 2.05) is 36.4 Å². The van der Waals surface area contributed by atoms with E-state index in [9.17, 15) is 4.79 Å². The van der Waals surface area contributed by atoms with E-state index in [0.29, 0.717) is 17.9 Å². The van der Waals surface area contributed by atoms with Crippen molar-refractivity contribution in [2.24, 2.45) is 0 Å². The minimum atomic E-state index is -0.0442. The molecule has 1 aromatic heterocycles. The number of aromatic nitrogens is 2. The van der Waals surface area contributed by atoms with E-state index in [0.717, 1.165) is 29.8 Å². The molecule has 3 rings (SSSR count). The molecule has 0 aliphatic carbocycles. The fourth-order valence-corrected chi connectivity index (χ4v) is 2.61. The van der Waals surface area contributed by atoms with Gasteiger partial charge in [-0.1, -0.05) is 43.2 Å². The summed E-state index contributed by atoms with van der Waals surface area (Å²) in [5.41, 5.74) is 4.60. The van der Waals surface area contributed by atoms with Crippen LogP contribution < -0.4 is 10.6 Å². The predicted octanol–water partition coefficient (Wildman–Crippen LogP) is 4.73. The second-order valence-electron chi connectivity index (χ2n) is 6.48. The van der Waals surface area contributed by atoms with Crippen molar-refractivity contribution >= 4 is 17.4 Å². The molecular formula is C22H24N4O. The summed E-state index contributed by atoms with van der Waals surface area (Å²) in [5.74, 6) is 0.614. The van der Waals surface area contributed by atoms with Gasteiger partial charge in [0.25, 0.3) is 5.91 Å². The molecule has 0 aliphatic heterocycles. The maximum Gasteiger partial charge on any atom is 0.251 e. The molecule has 0 bridgehead atoms. The maximum absolute atomic E-state index is 12.0. The van der Waals surface area contributed by atoms with Gasteiger partial charge in [-0.2, -0.15) is 0 Å². The van der Waals surface area contributed by atoms with Crippen LogP contribution in [0.4, 0.5) is 11.5 Å². The Morgan fingerprint density at radius 3 is 2.30 bits per heavy atom. The van der Waals surface area contributed by atoms with E-state index in [2.05, 4.69) is 46.8 Å². The molecule has 2 N–H and O–H groups in total. The number of nitrogens with zero attached hydrogens (tertiary/aromatic N) is 2. The quantitative estimate of drug-likeness (QED) is 0.598. The summed E-state index contributed by atoms with van der Waals surface area (Å²) in [5, 5.41) is 14.6. The molecule has 0 aliphatic rings. The van der Waals surface area contributed by atoms with E-state index < -0.39 is 0 Å². The number of benzene rings is 2. The molecule has 5 nitrogen and oxygen atoms in total. The fraction of sp³-hybridized carbons (Fsp3) is 0.227. The normalized spacial score (nSPS) is 10.4. The second-order valence-corrected chi connectivity index (χ2v) is 6.48. The maximum atomic E-state index is 12.0. The number of unbranched alkanes of at least 4 members (excludes halogenated alkanes) is 1. The summed E-state index contributed by atoms with van der Waals surface area (Å²) >= 11 is 0. The first kappa shape index (κ1) is 18.6. The van der Waals surface area contributed by atoms with Crippen LogP contribution in [0.1, 0.15) is 35.7 Å². The van der Waals surface area contributed by atoms with E-state index in [4.69, 9.17) is 0 Å². The number of hydrogen-bond donors (Lipinski definition) is 2. The van der Waals surface area contributed by atoms with Gasteiger partial charge in [-0.05, 0) is 49.7 Å². The topological polar surface area (TPSA) is 66.9 Å². The number of nitrogens with one attached hydrogen (secondary N) is 2. The highest BCUT2D eigenvalue weighted by atomic mass is 16.1. The van der Waals surface area contributed by atoms with Crippen molar-refractivity contribution in [3.05, 3.63) is 71.8 Å². The zero-order valence-electron chi connectivity index (χ0n) is 15.7. The summed E-state index contributed by atoms with van der Waals surface area (Å²) in [4.78, 5) is 12.0. The van der Waals surface area contributed by atoms with Crippen LogP contribution in [0.15, 0.2) is 60.7 Å². The lowest BCUT2D eigenvalue weighted by molar-refractivity contribution is 0.0953. The van der Waals surface area contributed by atoms with Gasteiger partial charge in [-0.15, -0.1) is 10.2 Å². The molecule has 1 heterocycles. The zero-order chi connectivity index (χ0) is 19.1. The second kappa shape index (κ2) is 8.94. The highest BCUT2D eigenvalue weighted by Crippen LogP contribution is 2.19. The molecule has 0 spiro atoms. The Labute approximate surface area is 159 Å². The van der Waals surface area contributed by atoms with Gasteiger partial charge in [0.2, 0.25) is 0 Å². The van der Waals surface area contributed by atoms with Gasteiger partial charge in [0.1, 0.15) is 0 Å². The van der Waals surface area contributed by atoms with Crippen molar-refractivity contribution in [3.8, 4) is 11.3 Å². The van der Waals surface area contributed by atoms with Crippen LogP contribution in [0, 0.1) is 6.92 Å². The highest BCUT2D eigenvalue weighted by Gasteiger charge is 2.05. The SMILES string of the molecule is CCCCNC(=O)c1ccc(Nc2ccc(-c3ccc(C)cc3)nn2)cc1. The first-order chi connectivity index (χ1) is 13.2. The summed E-state index contributed by atoms with van der Waals surface area (Å²) in [6.45, 7) is 4.86. The van der Waals surface area contributed by atoms with Gasteiger partial charge >= 0.3 is 0 Å². The Balaban J connectivity index is 1.61. The zero-order valence-corrected chi connectivity index (χ0v) is 15.7. The molecule has 0 fully saturated rings. The van der Waals surface area contributed by atoms with E-state index >= 15 is 0 Å². The van der Waals surface area contributed by atoms with Crippen LogP contribution in [0.25, 0.3) is 11.3 Å². The summed E-state index contributed by atoms with van der Waals surface area (Å²) < 4.78 is 0. The van der Waals surface area contributed by atoms with Gasteiger partial charge < -0.3 is 10.6 Å². The van der Waals surface area contributed by atoms with Crippen LogP contribution in [0.3, 0.4) is 0 Å². The standard InChI is InChI=1S/C22H24N4O/c1-3-4-15-23-22(27)18-9-11-19(12-10-18)24-21-14-13-20(25-26-21)17-7-5-16(2)6-8-17/h5-14H,3-4,15H2,1-2H3,(H,23,27)(H,24,26). The average Bonchev–Trinajstić information content (AvgIpc) is 2.70. The predicted molar refractivity (Wildman–Crippen MR) is 109 cm³/mol. The Morgan fingerprint density at radius 1 is 0.926 bits per heavy atom. The molecule has 3 aromatic rings. The first-order valence-electron chi connectivity index (χ1n) is 9.22. The fourth-order valence-electron chi connectivity index (χ4n) is 2.61. The summed E-state index contributed by atoms with van der Waals surface area (Å²) in [6, 6.07) is 19.4. The molecule has 1 amide bonds. The van der Waals surface area contributed by atoms with Gasteiger partial charge in [0.15, 0.2) is 5.82 Å². The summed E-state index contributed by atoms with van der Waals surface area (Å²) in [7, 11) is 0. The van der Waals surface area contributed by atoms with Gasteiger partial charge in [-0.25, -0.2) is 0 Å². The number of aryl methyl sites for hydroxylation is 1. The summed E-state index contributed by atoms with van der Waals surface area (Å²) in [6.07, 6.45) is 2.05. The molecule has 0 unspecified atom stereocenters. The van der Waals surface area contributed by atoms with Crippen LogP contribution in [0.5, 0.6) is 0 Å². The van der Waals surface area contributed by atoms with Crippen molar-refractivity contribution in [1.82, 2.24) is 15.5 Å². The molecule has 27 heavy (non-hydrogen) atoms. The molecule has 0 atom stereocenters. The van der Waals surface area contributed by atoms with Crippen LogP contribution >= 0.6 is 0 Å². The van der Waals surface area contributed by atoms with E-state index in [-0.39, 0.29) is 5.91 Å². The number of hydrogen-bond acceptors (Lipinski definition) is 4. The first-order valence-corrected chi connectivity index (χ1v) is 9.22. The third-order valence-corrected chi connectivity index (χ3v) is 4.25. The largest absolute Gasteiger partial charge is 0.352 e. The van der Waals surface area contributed by atoms with Gasteiger partial charge in [0.05, 0.1) is 5.69 Å². The molecule has 0 saturated carbocycles. The lowest BCUT2D eigenvalue weighted by Gasteiger charge is -2.08. The van der Waals surface area contributed by atoms with Gasteiger partial charge in [0, 0.05) is 23.4 Å². The molecule has 2 aromatic carbocycles. The van der Waals surface area contributed by atoms with Crippen molar-refractivity contribution in [1.29, 1.82) is 0 Å². The third-order valence-electron chi connectivity index (χ3n) is 4.25. The van der Waals surface area contributed by atoms with Crippen molar-refractivity contribution in [3.63, 3.8) is 0 Å². The molecule has 0 saturated heterocycles. The van der Waals surface area contributed by atoms with Crippen molar-refractivity contribution in [2.75, 3.05) is 11.9 Å². The smallest absolute Gasteiger partial charge is 0.251 e. The Bertz CT molecular complexity index is 872. The molecule has 5 heteroatoms. The number of anilines is 2. The average molecular weight is 360 g/mol. The Morgan fingerprint density at radius 2 is 1.67 bits per heavy atom. The lowest BCUT2D eigenvalue weighted by Crippen LogP contribution is -2.24. The minimum Gasteiger partial charge on any atom is -0.352 e.